The zero-order chi connectivity index (χ0) is 22.1. The molecule has 2 aromatic rings. The normalized spacial score (nSPS) is 16.9. The molecule has 2 heterocycles. The largest absolute Gasteiger partial charge is 0.493 e. The average molecular weight is 425 g/mol. The van der Waals surface area contributed by atoms with Gasteiger partial charge in [0, 0.05) is 49.8 Å². The van der Waals surface area contributed by atoms with Crippen molar-refractivity contribution in [2.45, 2.75) is 0 Å². The molecule has 1 saturated heterocycles. The molecule has 0 spiro atoms. The Hall–Kier alpha value is -3.82. The monoisotopic (exact) mass is 425 g/mol. The van der Waals surface area contributed by atoms with E-state index < -0.39 is 0 Å². The third-order valence-electron chi connectivity index (χ3n) is 5.35. The second-order valence-electron chi connectivity index (χ2n) is 7.08. The van der Waals surface area contributed by atoms with Crippen LogP contribution in [0.3, 0.4) is 0 Å². The van der Waals surface area contributed by atoms with Crippen molar-refractivity contribution in [1.82, 2.24) is 14.9 Å². The number of hydrogen-bond acceptors (Lipinski definition) is 10. The van der Waals surface area contributed by atoms with Gasteiger partial charge in [0.15, 0.2) is 23.0 Å². The van der Waals surface area contributed by atoms with Gasteiger partial charge in [-0.15, -0.1) is 0 Å². The quantitative estimate of drug-likeness (QED) is 0.692. The molecular formula is C21H23N5O5. The Morgan fingerprint density at radius 1 is 0.871 bits per heavy atom. The number of hydrogen-bond donors (Lipinski definition) is 1. The molecule has 10 nitrogen and oxygen atoms in total. The van der Waals surface area contributed by atoms with Gasteiger partial charge in [-0.25, -0.2) is 4.98 Å². The molecule has 0 radical (unpaired) electrons. The maximum atomic E-state index is 12.5. The van der Waals surface area contributed by atoms with Crippen LogP contribution in [0.5, 0.6) is 11.5 Å². The van der Waals surface area contributed by atoms with Crippen LogP contribution in [0.4, 0.5) is 11.8 Å². The summed E-state index contributed by atoms with van der Waals surface area (Å²) in [5.74, 6) is 1.45. The number of nitrogens with zero attached hydrogens (tertiary/aromatic N) is 4. The third kappa shape index (κ3) is 3.72. The summed E-state index contributed by atoms with van der Waals surface area (Å²) in [5, 5.41) is 0.676. The zero-order valence-electron chi connectivity index (χ0n) is 17.5. The lowest BCUT2D eigenvalue weighted by Gasteiger charge is -2.37. The molecule has 31 heavy (non-hydrogen) atoms. The lowest BCUT2D eigenvalue weighted by molar-refractivity contribution is -0.119. The van der Waals surface area contributed by atoms with Crippen molar-refractivity contribution >= 4 is 34.2 Å². The van der Waals surface area contributed by atoms with Crippen LogP contribution in [0.15, 0.2) is 35.7 Å². The number of benzene rings is 1. The van der Waals surface area contributed by atoms with Crippen molar-refractivity contribution in [2.24, 2.45) is 0 Å². The number of ketones is 2. The van der Waals surface area contributed by atoms with Gasteiger partial charge in [-0.1, -0.05) is 0 Å². The van der Waals surface area contributed by atoms with Gasteiger partial charge >= 0.3 is 0 Å². The Kier molecular flexibility index (Phi) is 5.37. The number of Topliss-reactive ketones (excluding diaryl/α,β-unsaturated/α-hetero) is 1. The fraction of sp³-hybridized carbons (Fsp3) is 0.333. The van der Waals surface area contributed by atoms with Crippen LogP contribution < -0.4 is 20.1 Å². The summed E-state index contributed by atoms with van der Waals surface area (Å²) in [4.78, 5) is 37.4. The summed E-state index contributed by atoms with van der Waals surface area (Å²) >= 11 is 0. The highest BCUT2D eigenvalue weighted by molar-refractivity contribution is 6.19. The Balaban J connectivity index is 1.55. The van der Waals surface area contributed by atoms with Crippen LogP contribution in [0.1, 0.15) is 0 Å². The molecule has 0 unspecified atom stereocenters. The van der Waals surface area contributed by atoms with Gasteiger partial charge < -0.3 is 29.7 Å². The minimum atomic E-state index is -0.289. The predicted octanol–water partition coefficient (Wildman–Crippen LogP) is 0.917. The Morgan fingerprint density at radius 3 is 2.16 bits per heavy atom. The average Bonchev–Trinajstić information content (AvgIpc) is 2.79. The Bertz CT molecular complexity index is 1120. The smallest absolute Gasteiger partial charge is 0.243 e. The first kappa shape index (κ1) is 20.5. The van der Waals surface area contributed by atoms with Crippen molar-refractivity contribution < 1.29 is 23.8 Å². The van der Waals surface area contributed by atoms with Crippen molar-refractivity contribution in [3.8, 4) is 11.5 Å². The lowest BCUT2D eigenvalue weighted by atomic mass is 10.1. The fourth-order valence-corrected chi connectivity index (χ4v) is 3.70. The van der Waals surface area contributed by atoms with Crippen LogP contribution in [0.2, 0.25) is 0 Å². The molecule has 10 heteroatoms. The van der Waals surface area contributed by atoms with Crippen LogP contribution >= 0.6 is 0 Å². The van der Waals surface area contributed by atoms with E-state index in [2.05, 4.69) is 9.97 Å². The van der Waals surface area contributed by atoms with Crippen molar-refractivity contribution in [3.63, 3.8) is 0 Å². The van der Waals surface area contributed by atoms with E-state index in [1.807, 2.05) is 9.80 Å². The van der Waals surface area contributed by atoms with Crippen molar-refractivity contribution in [3.05, 3.63) is 35.7 Å². The van der Waals surface area contributed by atoms with E-state index in [1.165, 1.54) is 19.3 Å². The van der Waals surface area contributed by atoms with E-state index in [9.17, 15) is 9.59 Å². The molecule has 2 aliphatic rings. The fourth-order valence-electron chi connectivity index (χ4n) is 3.70. The first-order valence-corrected chi connectivity index (χ1v) is 9.70. The maximum Gasteiger partial charge on any atom is 0.243 e. The summed E-state index contributed by atoms with van der Waals surface area (Å²) in [5.41, 5.74) is 7.18. The maximum absolute atomic E-state index is 12.5. The van der Waals surface area contributed by atoms with Crippen molar-refractivity contribution in [2.75, 3.05) is 58.1 Å². The highest BCUT2D eigenvalue weighted by Crippen LogP contribution is 2.34. The number of ether oxygens (including phenoxy) is 3. The number of rotatable bonds is 5. The van der Waals surface area contributed by atoms with E-state index in [0.29, 0.717) is 66.0 Å². The predicted molar refractivity (Wildman–Crippen MR) is 114 cm³/mol. The third-order valence-corrected chi connectivity index (χ3v) is 5.35. The molecule has 4 rings (SSSR count). The number of piperazine rings is 1. The minimum Gasteiger partial charge on any atom is -0.493 e. The SMILES string of the molecule is COC1=CC(=O)C=C(N2CCN(c3nc(N)c4cc(OC)c(OC)cc4n3)CC2)C1=O. The van der Waals surface area contributed by atoms with Crippen LogP contribution in [-0.4, -0.2) is 73.9 Å². The summed E-state index contributed by atoms with van der Waals surface area (Å²) < 4.78 is 15.7. The number of carbonyl (C=O) groups excluding carboxylic acids is 2. The van der Waals surface area contributed by atoms with Crippen molar-refractivity contribution in [1.29, 1.82) is 0 Å². The molecule has 2 N–H and O–H groups in total. The summed E-state index contributed by atoms with van der Waals surface area (Å²) in [6.45, 7) is 2.16. The van der Waals surface area contributed by atoms with E-state index in [4.69, 9.17) is 19.9 Å². The zero-order valence-corrected chi connectivity index (χ0v) is 17.5. The van der Waals surface area contributed by atoms with Crippen LogP contribution in [0, 0.1) is 0 Å². The first-order valence-electron chi connectivity index (χ1n) is 9.70. The Labute approximate surface area is 178 Å². The van der Waals surface area contributed by atoms with E-state index in [0.717, 1.165) is 0 Å². The topological polar surface area (TPSA) is 120 Å². The number of allylic oxidation sites excluding steroid dienone is 2. The molecule has 0 bridgehead atoms. The second kappa shape index (κ2) is 8.13. The van der Waals surface area contributed by atoms with Gasteiger partial charge in [0.05, 0.1) is 32.5 Å². The number of fused-ring (bicyclic) bond motifs is 1. The second-order valence-corrected chi connectivity index (χ2v) is 7.08. The number of methoxy groups -OCH3 is 3. The van der Waals surface area contributed by atoms with Crippen LogP contribution in [-0.2, 0) is 14.3 Å². The number of carbonyl (C=O) groups is 2. The van der Waals surface area contributed by atoms with Gasteiger partial charge in [-0.05, 0) is 6.07 Å². The number of nitrogens with two attached hydrogens (primary N) is 1. The van der Waals surface area contributed by atoms with Gasteiger partial charge in [-0.3, -0.25) is 9.59 Å². The van der Waals surface area contributed by atoms with Gasteiger partial charge in [0.2, 0.25) is 11.7 Å². The molecule has 1 aliphatic carbocycles. The minimum absolute atomic E-state index is 0.0555. The van der Waals surface area contributed by atoms with E-state index in [1.54, 1.807) is 26.4 Å². The van der Waals surface area contributed by atoms with Crippen LogP contribution in [0.25, 0.3) is 10.9 Å². The molecule has 0 atom stereocenters. The molecule has 0 amide bonds. The summed E-state index contributed by atoms with van der Waals surface area (Å²) in [6.07, 6.45) is 2.56. The highest BCUT2D eigenvalue weighted by Gasteiger charge is 2.30. The van der Waals surface area contributed by atoms with E-state index >= 15 is 0 Å². The van der Waals surface area contributed by atoms with E-state index in [-0.39, 0.29) is 17.3 Å². The number of aromatic nitrogens is 2. The Morgan fingerprint density at radius 2 is 1.52 bits per heavy atom. The summed E-state index contributed by atoms with van der Waals surface area (Å²) in [7, 11) is 4.49. The number of anilines is 2. The lowest BCUT2D eigenvalue weighted by Crippen LogP contribution is -2.48. The van der Waals surface area contributed by atoms with Gasteiger partial charge in [0.1, 0.15) is 5.82 Å². The van der Waals surface area contributed by atoms with Gasteiger partial charge in [0.25, 0.3) is 0 Å². The molecular weight excluding hydrogens is 402 g/mol. The molecule has 1 aromatic carbocycles. The summed E-state index contributed by atoms with van der Waals surface area (Å²) in [6, 6.07) is 3.52. The molecule has 0 saturated carbocycles. The molecule has 1 fully saturated rings. The molecule has 1 aromatic heterocycles. The molecule has 1 aliphatic heterocycles. The van der Waals surface area contributed by atoms with Gasteiger partial charge in [-0.2, -0.15) is 4.98 Å². The highest BCUT2D eigenvalue weighted by atomic mass is 16.5. The standard InChI is InChI=1S/C21H23N5O5/c1-29-16-10-13-14(11-17(16)30-2)23-21(24-20(13)22)26-6-4-25(5-7-26)15-8-12(27)9-18(31-3)19(15)28/h8-11H,4-7H2,1-3H3,(H2,22,23,24). The first-order chi connectivity index (χ1) is 14.9. The number of nitrogen functional groups attached to an aromatic ring is 1. The molecule has 162 valence electrons.